The van der Waals surface area contributed by atoms with Gasteiger partial charge in [0.1, 0.15) is 6.04 Å². The normalized spacial score (nSPS) is 16.1. The Kier molecular flexibility index (Phi) is 3.92. The van der Waals surface area contributed by atoms with Gasteiger partial charge in [0.05, 0.1) is 21.1 Å². The van der Waals surface area contributed by atoms with Crippen LogP contribution in [0.25, 0.3) is 0 Å². The minimum atomic E-state index is 0.594. The molecule has 84 valence electrons. The second-order valence-corrected chi connectivity index (χ2v) is 5.36. The van der Waals surface area contributed by atoms with Crippen molar-refractivity contribution in [3.05, 3.63) is 35.9 Å². The Morgan fingerprint density at radius 2 is 1.60 bits per heavy atom. The molecule has 1 nitrogen and oxygen atoms in total. The van der Waals surface area contributed by atoms with E-state index in [9.17, 15) is 0 Å². The highest BCUT2D eigenvalue weighted by Crippen LogP contribution is 2.32. The van der Waals surface area contributed by atoms with Gasteiger partial charge in [-0.15, -0.1) is 0 Å². The summed E-state index contributed by atoms with van der Waals surface area (Å²) in [6, 6.07) is 11.5. The molecule has 1 aromatic rings. The smallest absolute Gasteiger partial charge is 0.117 e. The first-order valence-corrected chi connectivity index (χ1v) is 5.83. The maximum atomic E-state index is 2.35. The maximum Gasteiger partial charge on any atom is 0.117 e. The Morgan fingerprint density at radius 1 is 1.07 bits per heavy atom. The van der Waals surface area contributed by atoms with Crippen LogP contribution in [-0.2, 0) is 0 Å². The lowest BCUT2D eigenvalue weighted by molar-refractivity contribution is -0.906. The van der Waals surface area contributed by atoms with E-state index in [1.165, 1.54) is 12.0 Å². The largest absolute Gasteiger partial charge is 0.325 e. The molecule has 15 heavy (non-hydrogen) atoms. The third kappa shape index (κ3) is 3.07. The van der Waals surface area contributed by atoms with Crippen molar-refractivity contribution >= 4 is 0 Å². The Balaban J connectivity index is 3.02. The fourth-order valence-corrected chi connectivity index (χ4v) is 2.41. The molecular weight excluding hydrogens is 182 g/mol. The van der Waals surface area contributed by atoms with E-state index in [-0.39, 0.29) is 0 Å². The van der Waals surface area contributed by atoms with E-state index in [2.05, 4.69) is 65.3 Å². The summed E-state index contributed by atoms with van der Waals surface area (Å²) >= 11 is 0. The maximum absolute atomic E-state index is 2.35. The Hall–Kier alpha value is -0.820. The number of benzene rings is 1. The van der Waals surface area contributed by atoms with Crippen LogP contribution in [0.15, 0.2) is 30.3 Å². The van der Waals surface area contributed by atoms with E-state index in [0.717, 1.165) is 4.48 Å². The predicted molar refractivity (Wildman–Crippen MR) is 66.7 cm³/mol. The number of nitrogens with zero attached hydrogens (tertiary/aromatic N) is 1. The fraction of sp³-hybridized carbons (Fsp3) is 0.571. The summed E-state index contributed by atoms with van der Waals surface area (Å²) in [7, 11) is 6.84. The summed E-state index contributed by atoms with van der Waals surface area (Å²) < 4.78 is 0.999. The van der Waals surface area contributed by atoms with Crippen molar-refractivity contribution in [2.24, 2.45) is 5.92 Å². The molecule has 1 aromatic carbocycles. The van der Waals surface area contributed by atoms with E-state index in [0.29, 0.717) is 12.0 Å². The second kappa shape index (κ2) is 4.80. The van der Waals surface area contributed by atoms with Gasteiger partial charge >= 0.3 is 0 Å². The zero-order valence-electron chi connectivity index (χ0n) is 10.7. The van der Waals surface area contributed by atoms with Crippen LogP contribution in [0.4, 0.5) is 0 Å². The zero-order valence-corrected chi connectivity index (χ0v) is 10.7. The van der Waals surface area contributed by atoms with Crippen LogP contribution in [-0.4, -0.2) is 25.6 Å². The highest BCUT2D eigenvalue weighted by atomic mass is 15.3. The molecule has 0 N–H and O–H groups in total. The zero-order chi connectivity index (χ0) is 11.5. The van der Waals surface area contributed by atoms with Crippen LogP contribution in [0.1, 0.15) is 31.9 Å². The molecule has 0 radical (unpaired) electrons. The van der Waals surface area contributed by atoms with Crippen molar-refractivity contribution in [1.29, 1.82) is 0 Å². The molecule has 0 spiro atoms. The van der Waals surface area contributed by atoms with E-state index in [1.54, 1.807) is 0 Å². The summed E-state index contributed by atoms with van der Waals surface area (Å²) in [5, 5.41) is 0. The minimum Gasteiger partial charge on any atom is -0.325 e. The standard InChI is InChI=1S/C14H24N/c1-6-12(2)14(15(3,4)5)13-10-8-7-9-11-13/h7-12,14H,6H2,1-5H3/q+1. The highest BCUT2D eigenvalue weighted by molar-refractivity contribution is 5.18. The first-order valence-electron chi connectivity index (χ1n) is 5.83. The van der Waals surface area contributed by atoms with E-state index in [1.807, 2.05) is 0 Å². The molecule has 0 bridgehead atoms. The molecule has 2 atom stereocenters. The van der Waals surface area contributed by atoms with E-state index >= 15 is 0 Å². The van der Waals surface area contributed by atoms with Crippen LogP contribution in [0.5, 0.6) is 0 Å². The highest BCUT2D eigenvalue weighted by Gasteiger charge is 2.30. The van der Waals surface area contributed by atoms with Crippen LogP contribution in [0, 0.1) is 5.92 Å². The summed E-state index contributed by atoms with van der Waals surface area (Å²) in [4.78, 5) is 0. The predicted octanol–water partition coefficient (Wildman–Crippen LogP) is 3.48. The average molecular weight is 206 g/mol. The fourth-order valence-electron chi connectivity index (χ4n) is 2.41. The number of rotatable bonds is 4. The number of quaternary nitrogens is 1. The molecule has 0 amide bonds. The quantitative estimate of drug-likeness (QED) is 0.662. The van der Waals surface area contributed by atoms with Gasteiger partial charge in [-0.3, -0.25) is 0 Å². The molecule has 0 heterocycles. The number of hydrogen-bond donors (Lipinski definition) is 0. The second-order valence-electron chi connectivity index (χ2n) is 5.36. The van der Waals surface area contributed by atoms with Crippen molar-refractivity contribution in [2.75, 3.05) is 21.1 Å². The lowest BCUT2D eigenvalue weighted by Crippen LogP contribution is -2.41. The van der Waals surface area contributed by atoms with Crippen LogP contribution in [0.3, 0.4) is 0 Å². The van der Waals surface area contributed by atoms with Crippen molar-refractivity contribution in [2.45, 2.75) is 26.3 Å². The van der Waals surface area contributed by atoms with Crippen molar-refractivity contribution in [3.8, 4) is 0 Å². The van der Waals surface area contributed by atoms with E-state index in [4.69, 9.17) is 0 Å². The summed E-state index contributed by atoms with van der Waals surface area (Å²) in [5.41, 5.74) is 1.46. The summed E-state index contributed by atoms with van der Waals surface area (Å²) in [5.74, 6) is 0.715. The Morgan fingerprint density at radius 3 is 2.00 bits per heavy atom. The molecule has 0 saturated heterocycles. The third-order valence-electron chi connectivity index (χ3n) is 3.16. The summed E-state index contributed by atoms with van der Waals surface area (Å²) in [6.07, 6.45) is 1.23. The van der Waals surface area contributed by atoms with Crippen LogP contribution in [0.2, 0.25) is 0 Å². The summed E-state index contributed by atoms with van der Waals surface area (Å²) in [6.45, 7) is 4.62. The van der Waals surface area contributed by atoms with Gasteiger partial charge in [-0.1, -0.05) is 44.2 Å². The van der Waals surface area contributed by atoms with Gasteiger partial charge in [-0.05, 0) is 6.42 Å². The van der Waals surface area contributed by atoms with Gasteiger partial charge < -0.3 is 4.48 Å². The molecule has 0 fully saturated rings. The van der Waals surface area contributed by atoms with Gasteiger partial charge in [0.25, 0.3) is 0 Å². The number of hydrogen-bond acceptors (Lipinski definition) is 0. The topological polar surface area (TPSA) is 0 Å². The lowest BCUT2D eigenvalue weighted by atomic mass is 9.90. The molecule has 0 aromatic heterocycles. The lowest BCUT2D eigenvalue weighted by Gasteiger charge is -2.38. The average Bonchev–Trinajstić information content (AvgIpc) is 2.17. The van der Waals surface area contributed by atoms with Crippen molar-refractivity contribution < 1.29 is 4.48 Å². The van der Waals surface area contributed by atoms with E-state index < -0.39 is 0 Å². The van der Waals surface area contributed by atoms with Gasteiger partial charge in [0.2, 0.25) is 0 Å². The van der Waals surface area contributed by atoms with Crippen molar-refractivity contribution in [3.63, 3.8) is 0 Å². The first-order chi connectivity index (χ1) is 6.96. The third-order valence-corrected chi connectivity index (χ3v) is 3.16. The Bertz CT molecular complexity index is 284. The van der Waals surface area contributed by atoms with Gasteiger partial charge in [-0.2, -0.15) is 0 Å². The van der Waals surface area contributed by atoms with Crippen LogP contribution >= 0.6 is 0 Å². The van der Waals surface area contributed by atoms with Crippen LogP contribution < -0.4 is 0 Å². The van der Waals surface area contributed by atoms with Gasteiger partial charge in [0.15, 0.2) is 0 Å². The van der Waals surface area contributed by atoms with Gasteiger partial charge in [-0.25, -0.2) is 0 Å². The molecular formula is C14H24N+. The molecule has 0 aliphatic rings. The van der Waals surface area contributed by atoms with Gasteiger partial charge in [0, 0.05) is 11.5 Å². The monoisotopic (exact) mass is 206 g/mol. The Labute approximate surface area is 94.3 Å². The minimum absolute atomic E-state index is 0.594. The SMILES string of the molecule is CCC(C)C(c1ccccc1)[N+](C)(C)C. The first kappa shape index (κ1) is 12.3. The molecule has 1 heteroatoms. The molecule has 0 saturated carbocycles. The molecule has 0 aliphatic heterocycles. The van der Waals surface area contributed by atoms with Crippen molar-refractivity contribution in [1.82, 2.24) is 0 Å². The molecule has 1 rings (SSSR count). The molecule has 0 aliphatic carbocycles. The molecule has 2 unspecified atom stereocenters.